The predicted octanol–water partition coefficient (Wildman–Crippen LogP) is 4.10. The Labute approximate surface area is 117 Å². The molecule has 0 radical (unpaired) electrons. The van der Waals surface area contributed by atoms with Crippen molar-refractivity contribution in [3.63, 3.8) is 0 Å². The van der Waals surface area contributed by atoms with Crippen molar-refractivity contribution in [2.75, 3.05) is 17.6 Å². The van der Waals surface area contributed by atoms with Crippen molar-refractivity contribution in [1.82, 2.24) is 0 Å². The fourth-order valence-corrected chi connectivity index (χ4v) is 1.48. The molecule has 0 bridgehead atoms. The van der Waals surface area contributed by atoms with Gasteiger partial charge in [-0.25, -0.2) is 4.39 Å². The molecule has 0 heterocycles. The molecular weight excluding hydrogens is 269 g/mol. The van der Waals surface area contributed by atoms with Crippen LogP contribution in [0.4, 0.5) is 24.5 Å². The van der Waals surface area contributed by atoms with Crippen molar-refractivity contribution in [3.8, 4) is 5.75 Å². The van der Waals surface area contributed by atoms with E-state index in [0.717, 1.165) is 12.1 Å². The molecule has 0 aliphatic rings. The normalized spacial score (nSPS) is 13.4. The molecule has 6 heteroatoms. The third kappa shape index (κ3) is 4.51. The number of alkyl halides is 2. The summed E-state index contributed by atoms with van der Waals surface area (Å²) in [6, 6.07) is 2.13. The van der Waals surface area contributed by atoms with E-state index in [1.807, 2.05) is 0 Å². The summed E-state index contributed by atoms with van der Waals surface area (Å²) in [5.41, 5.74) is 6.30. The van der Waals surface area contributed by atoms with E-state index < -0.39 is 18.2 Å². The Hall–Kier alpha value is -1.59. The molecule has 0 saturated carbocycles. The maximum atomic E-state index is 13.4. The molecule has 0 aliphatic carbocycles. The summed E-state index contributed by atoms with van der Waals surface area (Å²) in [5.74, 6) is -1.11. The second-order valence-corrected chi connectivity index (χ2v) is 5.90. The Balaban J connectivity index is 2.84. The molecule has 1 atom stereocenters. The van der Waals surface area contributed by atoms with Crippen LogP contribution in [0.1, 0.15) is 27.7 Å². The summed E-state index contributed by atoms with van der Waals surface area (Å²) >= 11 is 0. The molecule has 0 fully saturated rings. The zero-order valence-corrected chi connectivity index (χ0v) is 12.1. The number of nitrogens with one attached hydrogen (secondary N) is 1. The Kier molecular flexibility index (Phi) is 5.14. The van der Waals surface area contributed by atoms with Crippen molar-refractivity contribution in [2.45, 2.75) is 34.3 Å². The highest BCUT2D eigenvalue weighted by atomic mass is 19.3. The Morgan fingerprint density at radius 1 is 1.30 bits per heavy atom. The molecule has 114 valence electrons. The van der Waals surface area contributed by atoms with Gasteiger partial charge in [0.2, 0.25) is 0 Å². The minimum absolute atomic E-state index is 0.0874. The number of halogens is 3. The van der Waals surface area contributed by atoms with E-state index in [9.17, 15) is 13.2 Å². The largest absolute Gasteiger partial charge is 0.432 e. The molecule has 0 saturated heterocycles. The van der Waals surface area contributed by atoms with Gasteiger partial charge in [0.25, 0.3) is 0 Å². The second-order valence-electron chi connectivity index (χ2n) is 5.90. The fourth-order valence-electron chi connectivity index (χ4n) is 1.48. The van der Waals surface area contributed by atoms with E-state index in [-0.39, 0.29) is 11.1 Å². The van der Waals surface area contributed by atoms with Gasteiger partial charge in [0.15, 0.2) is 11.6 Å². The van der Waals surface area contributed by atoms with Crippen molar-refractivity contribution in [3.05, 3.63) is 17.9 Å². The van der Waals surface area contributed by atoms with Crippen LogP contribution in [-0.4, -0.2) is 13.2 Å². The molecule has 0 aromatic heterocycles. The minimum atomic E-state index is -3.07. The van der Waals surface area contributed by atoms with Gasteiger partial charge in [-0.2, -0.15) is 8.78 Å². The number of hydrogen-bond acceptors (Lipinski definition) is 3. The third-order valence-corrected chi connectivity index (χ3v) is 3.40. The van der Waals surface area contributed by atoms with Crippen molar-refractivity contribution < 1.29 is 17.9 Å². The number of hydrogen-bond donors (Lipinski definition) is 2. The summed E-state index contributed by atoms with van der Waals surface area (Å²) in [6.07, 6.45) is 0. The maximum absolute atomic E-state index is 13.4. The Morgan fingerprint density at radius 2 is 1.90 bits per heavy atom. The van der Waals surface area contributed by atoms with Gasteiger partial charge in [-0.1, -0.05) is 27.7 Å². The number of nitrogens with two attached hydrogens (primary N) is 1. The minimum Gasteiger partial charge on any atom is -0.432 e. The Bertz CT molecular complexity index is 458. The van der Waals surface area contributed by atoms with E-state index in [1.54, 1.807) is 0 Å². The van der Waals surface area contributed by atoms with Crippen molar-refractivity contribution >= 4 is 11.4 Å². The van der Waals surface area contributed by atoms with Crippen molar-refractivity contribution in [1.29, 1.82) is 0 Å². The van der Waals surface area contributed by atoms with Crippen LogP contribution >= 0.6 is 0 Å². The standard InChI is InChI=1S/C14H21F3N2O/c1-8(14(2,3)4)7-19-11-6-12(20-13(16)17)9(15)5-10(11)18/h5-6,8,13,19H,7,18H2,1-4H3. The smallest absolute Gasteiger partial charge is 0.387 e. The second kappa shape index (κ2) is 6.24. The number of anilines is 2. The summed E-state index contributed by atoms with van der Waals surface area (Å²) in [7, 11) is 0. The van der Waals surface area contributed by atoms with Crippen molar-refractivity contribution in [2.24, 2.45) is 11.3 Å². The van der Waals surface area contributed by atoms with E-state index in [4.69, 9.17) is 5.73 Å². The highest BCUT2D eigenvalue weighted by molar-refractivity contribution is 5.68. The summed E-state index contributed by atoms with van der Waals surface area (Å²) < 4.78 is 41.8. The molecule has 0 aliphatic heterocycles. The van der Waals surface area contributed by atoms with Gasteiger partial charge in [0.1, 0.15) is 0 Å². The quantitative estimate of drug-likeness (QED) is 0.802. The molecular formula is C14H21F3N2O. The topological polar surface area (TPSA) is 47.3 Å². The van der Waals surface area contributed by atoms with Crippen LogP contribution in [0.25, 0.3) is 0 Å². The summed E-state index contributed by atoms with van der Waals surface area (Å²) in [5, 5.41) is 3.04. The van der Waals surface area contributed by atoms with E-state index in [0.29, 0.717) is 18.2 Å². The molecule has 0 spiro atoms. The molecule has 1 aromatic carbocycles. The average Bonchev–Trinajstić information content (AvgIpc) is 2.28. The predicted molar refractivity (Wildman–Crippen MR) is 74.6 cm³/mol. The number of benzene rings is 1. The van der Waals surface area contributed by atoms with Gasteiger partial charge < -0.3 is 15.8 Å². The van der Waals surface area contributed by atoms with Crippen LogP contribution in [0.15, 0.2) is 12.1 Å². The first-order valence-corrected chi connectivity index (χ1v) is 6.39. The van der Waals surface area contributed by atoms with Crippen LogP contribution in [-0.2, 0) is 0 Å². The van der Waals surface area contributed by atoms with Gasteiger partial charge in [0, 0.05) is 18.7 Å². The first-order chi connectivity index (χ1) is 9.11. The summed E-state index contributed by atoms with van der Waals surface area (Å²) in [4.78, 5) is 0. The third-order valence-electron chi connectivity index (χ3n) is 3.40. The zero-order valence-electron chi connectivity index (χ0n) is 12.1. The monoisotopic (exact) mass is 290 g/mol. The SMILES string of the molecule is CC(CNc1cc(OC(F)F)c(F)cc1N)C(C)(C)C. The van der Waals surface area contributed by atoms with Crippen LogP contribution in [0.5, 0.6) is 5.75 Å². The summed E-state index contributed by atoms with van der Waals surface area (Å²) in [6.45, 7) is 5.86. The molecule has 0 amide bonds. The van der Waals surface area contributed by atoms with Gasteiger partial charge in [0.05, 0.1) is 11.4 Å². The molecule has 20 heavy (non-hydrogen) atoms. The van der Waals surface area contributed by atoms with E-state index in [2.05, 4.69) is 37.7 Å². The van der Waals surface area contributed by atoms with Crippen LogP contribution in [0.3, 0.4) is 0 Å². The maximum Gasteiger partial charge on any atom is 0.387 e. The Morgan fingerprint density at radius 3 is 2.40 bits per heavy atom. The van der Waals surface area contributed by atoms with Crippen LogP contribution in [0.2, 0.25) is 0 Å². The molecule has 3 N–H and O–H groups in total. The molecule has 1 rings (SSSR count). The average molecular weight is 290 g/mol. The fraction of sp³-hybridized carbons (Fsp3) is 0.571. The first kappa shape index (κ1) is 16.5. The highest BCUT2D eigenvalue weighted by Gasteiger charge is 2.20. The van der Waals surface area contributed by atoms with Crippen LogP contribution < -0.4 is 15.8 Å². The van der Waals surface area contributed by atoms with Gasteiger partial charge in [-0.3, -0.25) is 0 Å². The van der Waals surface area contributed by atoms with Gasteiger partial charge in [-0.15, -0.1) is 0 Å². The number of ether oxygens (including phenoxy) is 1. The number of rotatable bonds is 5. The molecule has 1 aromatic rings. The lowest BCUT2D eigenvalue weighted by atomic mass is 9.82. The highest BCUT2D eigenvalue weighted by Crippen LogP contribution is 2.31. The van der Waals surface area contributed by atoms with E-state index >= 15 is 0 Å². The van der Waals surface area contributed by atoms with E-state index in [1.165, 1.54) is 0 Å². The lowest BCUT2D eigenvalue weighted by Gasteiger charge is -2.28. The van der Waals surface area contributed by atoms with Gasteiger partial charge >= 0.3 is 6.61 Å². The van der Waals surface area contributed by atoms with Gasteiger partial charge in [-0.05, 0) is 11.3 Å². The lowest BCUT2D eigenvalue weighted by Crippen LogP contribution is -2.25. The zero-order chi connectivity index (χ0) is 15.5. The molecule has 1 unspecified atom stereocenters. The lowest BCUT2D eigenvalue weighted by molar-refractivity contribution is -0.0521. The molecule has 3 nitrogen and oxygen atoms in total. The number of nitrogen functional groups attached to an aromatic ring is 1. The van der Waals surface area contributed by atoms with Crippen LogP contribution in [0, 0.1) is 17.2 Å². The first-order valence-electron chi connectivity index (χ1n) is 6.39.